The first-order valence-electron chi connectivity index (χ1n) is 3.58. The first-order chi connectivity index (χ1) is 4.00. The molecule has 0 aromatic carbocycles. The molecular weight excluding hydrogens is 132 g/mol. The van der Waals surface area contributed by atoms with Crippen molar-refractivity contribution in [3.8, 4) is 0 Å². The van der Waals surface area contributed by atoms with Gasteiger partial charge in [-0.1, -0.05) is 25.3 Å². The molecule has 0 bridgehead atoms. The summed E-state index contributed by atoms with van der Waals surface area (Å²) < 4.78 is 0. The van der Waals surface area contributed by atoms with Gasteiger partial charge in [0.2, 0.25) is 0 Å². The predicted octanol–water partition coefficient (Wildman–Crippen LogP) is 1.80. The van der Waals surface area contributed by atoms with E-state index in [0.29, 0.717) is 8.67 Å². The highest BCUT2D eigenvalue weighted by Crippen LogP contribution is 2.14. The maximum atomic E-state index is 2.27. The predicted molar refractivity (Wildman–Crippen MR) is 44.3 cm³/mol. The lowest BCUT2D eigenvalue weighted by molar-refractivity contribution is 0.703. The molecule has 0 aromatic rings. The molecule has 1 saturated heterocycles. The topological polar surface area (TPSA) is 0 Å². The summed E-state index contributed by atoms with van der Waals surface area (Å²) in [4.78, 5) is 0. The van der Waals surface area contributed by atoms with Gasteiger partial charge in [0.25, 0.3) is 0 Å². The fourth-order valence-corrected chi connectivity index (χ4v) is 4.86. The Kier molecular flexibility index (Phi) is 3.71. The van der Waals surface area contributed by atoms with Crippen molar-refractivity contribution in [3.63, 3.8) is 0 Å². The van der Waals surface area contributed by atoms with Crippen molar-refractivity contribution in [2.24, 2.45) is 0 Å². The van der Waals surface area contributed by atoms with Crippen molar-refractivity contribution in [2.75, 3.05) is 5.75 Å². The van der Waals surface area contributed by atoms with Gasteiger partial charge in [-0.15, -0.1) is 0 Å². The molecule has 1 heterocycles. The Morgan fingerprint density at radius 1 is 1.00 bits per heavy atom. The van der Waals surface area contributed by atoms with Gasteiger partial charge in [-0.2, -0.15) is 11.2 Å². The number of hydrogen-bond donors (Lipinski definition) is 0. The fourth-order valence-electron chi connectivity index (χ4n) is 1.04. The van der Waals surface area contributed by atoms with Crippen LogP contribution in [0.25, 0.3) is 0 Å². The van der Waals surface area contributed by atoms with Crippen LogP contribution < -0.4 is 0 Å². The summed E-state index contributed by atoms with van der Waals surface area (Å²) in [7, 11) is 0.368. The summed E-state index contributed by atoms with van der Waals surface area (Å²) in [5, 5.41) is 0. The van der Waals surface area contributed by atoms with Crippen LogP contribution >= 0.6 is 11.2 Å². The quantitative estimate of drug-likeness (QED) is 0.470. The minimum Gasteiger partial charge on any atom is -0.193 e. The van der Waals surface area contributed by atoms with Gasteiger partial charge in [-0.3, -0.25) is 0 Å². The highest BCUT2D eigenvalue weighted by molar-refractivity contribution is 8.22. The summed E-state index contributed by atoms with van der Waals surface area (Å²) in [5.41, 5.74) is 0. The van der Waals surface area contributed by atoms with Gasteiger partial charge in [-0.05, 0) is 12.2 Å². The van der Waals surface area contributed by atoms with Crippen molar-refractivity contribution in [2.45, 2.75) is 31.7 Å². The zero-order valence-electron chi connectivity index (χ0n) is 5.36. The SMILES string of the molecule is C1CCCS[SiH2]CC1. The Balaban J connectivity index is 2.00. The van der Waals surface area contributed by atoms with Gasteiger partial charge in [0.1, 0.15) is 0 Å². The molecule has 2 heteroatoms. The maximum Gasteiger partial charge on any atom is 0.0854 e. The molecule has 48 valence electrons. The fraction of sp³-hybridized carbons (Fsp3) is 1.00. The molecule has 0 radical (unpaired) electrons. The second kappa shape index (κ2) is 4.45. The second-order valence-electron chi connectivity index (χ2n) is 2.38. The van der Waals surface area contributed by atoms with Crippen LogP contribution in [0.15, 0.2) is 0 Å². The van der Waals surface area contributed by atoms with Gasteiger partial charge < -0.3 is 0 Å². The molecule has 0 spiro atoms. The zero-order valence-corrected chi connectivity index (χ0v) is 7.59. The largest absolute Gasteiger partial charge is 0.193 e. The molecule has 0 unspecified atom stereocenters. The Hall–Kier alpha value is 0.567. The molecule has 1 aliphatic rings. The van der Waals surface area contributed by atoms with Crippen molar-refractivity contribution in [1.29, 1.82) is 0 Å². The standard InChI is InChI=1S/C6H14SSi/c1-2-4-6-8-7-5-3-1/h1-6,8H2. The molecular formula is C6H14SSi. The van der Waals surface area contributed by atoms with E-state index in [2.05, 4.69) is 11.2 Å². The molecule has 0 aliphatic carbocycles. The average Bonchev–Trinajstić information content (AvgIpc) is 1.62. The highest BCUT2D eigenvalue weighted by atomic mass is 32.4. The highest BCUT2D eigenvalue weighted by Gasteiger charge is 1.96. The lowest BCUT2D eigenvalue weighted by Gasteiger charge is -2.05. The number of hydrogen-bond acceptors (Lipinski definition) is 1. The van der Waals surface area contributed by atoms with Crippen molar-refractivity contribution >= 4 is 19.9 Å². The first kappa shape index (κ1) is 6.68. The molecule has 1 rings (SSSR count). The summed E-state index contributed by atoms with van der Waals surface area (Å²) in [6.07, 6.45) is 6.06. The number of rotatable bonds is 0. The summed E-state index contributed by atoms with van der Waals surface area (Å²) in [5.74, 6) is 1.48. The van der Waals surface area contributed by atoms with E-state index >= 15 is 0 Å². The Bertz CT molecular complexity index is 32.5. The molecule has 1 fully saturated rings. The summed E-state index contributed by atoms with van der Waals surface area (Å²) >= 11 is 2.27. The lowest BCUT2D eigenvalue weighted by atomic mass is 10.2. The van der Waals surface area contributed by atoms with E-state index in [0.717, 1.165) is 0 Å². The normalized spacial score (nSPS) is 27.0. The van der Waals surface area contributed by atoms with Crippen LogP contribution in [-0.2, 0) is 0 Å². The molecule has 0 aromatic heterocycles. The van der Waals surface area contributed by atoms with Crippen LogP contribution in [0.2, 0.25) is 6.04 Å². The van der Waals surface area contributed by atoms with Gasteiger partial charge in [0.15, 0.2) is 0 Å². The third kappa shape index (κ3) is 2.77. The monoisotopic (exact) mass is 146 g/mol. The third-order valence-electron chi connectivity index (χ3n) is 1.58. The van der Waals surface area contributed by atoms with E-state index in [1.165, 1.54) is 25.0 Å². The van der Waals surface area contributed by atoms with Gasteiger partial charge in [0.05, 0.1) is 8.67 Å². The smallest absolute Gasteiger partial charge is 0.0854 e. The van der Waals surface area contributed by atoms with E-state index in [1.54, 1.807) is 12.5 Å². The molecule has 0 N–H and O–H groups in total. The van der Waals surface area contributed by atoms with E-state index in [9.17, 15) is 0 Å². The maximum absolute atomic E-state index is 2.27. The van der Waals surface area contributed by atoms with Crippen LogP contribution in [0.5, 0.6) is 0 Å². The summed E-state index contributed by atoms with van der Waals surface area (Å²) in [6.45, 7) is 0. The Labute approximate surface area is 57.9 Å². The van der Waals surface area contributed by atoms with Gasteiger partial charge in [-0.25, -0.2) is 0 Å². The Morgan fingerprint density at radius 3 is 2.88 bits per heavy atom. The second-order valence-corrected chi connectivity index (χ2v) is 6.76. The summed E-state index contributed by atoms with van der Waals surface area (Å²) in [6, 6.07) is 1.60. The van der Waals surface area contributed by atoms with Crippen LogP contribution in [0.3, 0.4) is 0 Å². The molecule has 1 aliphatic heterocycles. The first-order valence-corrected chi connectivity index (χ1v) is 7.46. The van der Waals surface area contributed by atoms with Crippen LogP contribution in [0.4, 0.5) is 0 Å². The lowest BCUT2D eigenvalue weighted by Crippen LogP contribution is -1.92. The van der Waals surface area contributed by atoms with Crippen LogP contribution in [0, 0.1) is 0 Å². The van der Waals surface area contributed by atoms with Gasteiger partial charge in [0, 0.05) is 0 Å². The average molecular weight is 146 g/mol. The van der Waals surface area contributed by atoms with Crippen LogP contribution in [0.1, 0.15) is 25.7 Å². The molecule has 0 saturated carbocycles. The minimum atomic E-state index is 0.368. The zero-order chi connectivity index (χ0) is 5.66. The van der Waals surface area contributed by atoms with E-state index in [1.807, 2.05) is 0 Å². The van der Waals surface area contributed by atoms with E-state index in [-0.39, 0.29) is 0 Å². The molecule has 0 amide bonds. The van der Waals surface area contributed by atoms with Crippen molar-refractivity contribution in [3.05, 3.63) is 0 Å². The Morgan fingerprint density at radius 2 is 1.88 bits per heavy atom. The van der Waals surface area contributed by atoms with Crippen LogP contribution in [-0.4, -0.2) is 14.4 Å². The molecule has 8 heavy (non-hydrogen) atoms. The molecule has 0 atom stereocenters. The van der Waals surface area contributed by atoms with Crippen molar-refractivity contribution < 1.29 is 0 Å². The van der Waals surface area contributed by atoms with Gasteiger partial charge >= 0.3 is 0 Å². The minimum absolute atomic E-state index is 0.368. The molecule has 0 nitrogen and oxygen atoms in total. The van der Waals surface area contributed by atoms with E-state index in [4.69, 9.17) is 0 Å². The van der Waals surface area contributed by atoms with Crippen molar-refractivity contribution in [1.82, 2.24) is 0 Å². The third-order valence-corrected chi connectivity index (χ3v) is 5.83. The van der Waals surface area contributed by atoms with E-state index < -0.39 is 0 Å².